The third kappa shape index (κ3) is 1.71. The predicted molar refractivity (Wildman–Crippen MR) is 66.9 cm³/mol. The van der Waals surface area contributed by atoms with E-state index in [0.29, 0.717) is 6.54 Å². The Morgan fingerprint density at radius 3 is 3.00 bits per heavy atom. The molecule has 0 saturated carbocycles. The van der Waals surface area contributed by atoms with Gasteiger partial charge in [-0.05, 0) is 19.8 Å². The van der Waals surface area contributed by atoms with E-state index in [4.69, 9.17) is 0 Å². The van der Waals surface area contributed by atoms with Crippen LogP contribution in [0.1, 0.15) is 24.6 Å². The lowest BCUT2D eigenvalue weighted by atomic mass is 10.1. The van der Waals surface area contributed by atoms with Gasteiger partial charge in [-0.3, -0.25) is 14.6 Å². The van der Waals surface area contributed by atoms with Crippen molar-refractivity contribution >= 4 is 23.2 Å². The summed E-state index contributed by atoms with van der Waals surface area (Å²) >= 11 is 1.52. The molecule has 2 aliphatic heterocycles. The summed E-state index contributed by atoms with van der Waals surface area (Å²) in [5.74, 6) is 0.176. The molecule has 0 spiro atoms. The fourth-order valence-corrected chi connectivity index (χ4v) is 3.34. The molecule has 3 rings (SSSR count). The average molecular weight is 265 g/mol. The van der Waals surface area contributed by atoms with E-state index in [2.05, 4.69) is 4.98 Å². The van der Waals surface area contributed by atoms with Gasteiger partial charge in [-0.2, -0.15) is 0 Å². The molecule has 3 heterocycles. The van der Waals surface area contributed by atoms with Gasteiger partial charge in [0.25, 0.3) is 0 Å². The zero-order chi connectivity index (χ0) is 12.7. The molecule has 2 amide bonds. The van der Waals surface area contributed by atoms with E-state index >= 15 is 0 Å². The first-order valence-corrected chi connectivity index (χ1v) is 7.05. The van der Waals surface area contributed by atoms with Gasteiger partial charge in [0.2, 0.25) is 11.8 Å². The molecule has 0 aliphatic carbocycles. The second-order valence-electron chi connectivity index (χ2n) is 4.80. The number of fused-ring (bicyclic) bond motifs is 1. The van der Waals surface area contributed by atoms with Crippen molar-refractivity contribution in [3.63, 3.8) is 0 Å². The summed E-state index contributed by atoms with van der Waals surface area (Å²) in [5, 5.41) is 0. The highest BCUT2D eigenvalue weighted by molar-refractivity contribution is 7.09. The van der Waals surface area contributed by atoms with Crippen LogP contribution in [0.15, 0.2) is 11.7 Å². The topological polar surface area (TPSA) is 53.5 Å². The van der Waals surface area contributed by atoms with Crippen LogP contribution in [0.5, 0.6) is 0 Å². The van der Waals surface area contributed by atoms with Gasteiger partial charge in [-0.25, -0.2) is 0 Å². The number of carbonyl (C=O) groups excluding carboxylic acids is 2. The monoisotopic (exact) mass is 265 g/mol. The summed E-state index contributed by atoms with van der Waals surface area (Å²) in [5.41, 5.74) is 1.75. The second kappa shape index (κ2) is 4.35. The summed E-state index contributed by atoms with van der Waals surface area (Å²) in [4.78, 5) is 33.1. The van der Waals surface area contributed by atoms with E-state index in [1.165, 1.54) is 11.3 Å². The molecule has 5 nitrogen and oxygen atoms in total. The Bertz CT molecular complexity index is 474. The first-order valence-electron chi connectivity index (χ1n) is 6.17. The second-order valence-corrected chi connectivity index (χ2v) is 5.77. The molecule has 0 unspecified atom stereocenters. The fraction of sp³-hybridized carbons (Fsp3) is 0.583. The highest BCUT2D eigenvalue weighted by Crippen LogP contribution is 2.28. The normalized spacial score (nSPS) is 27.8. The molecule has 2 atom stereocenters. The van der Waals surface area contributed by atoms with E-state index in [1.807, 2.05) is 6.92 Å². The first-order chi connectivity index (χ1) is 8.68. The molecular formula is C12H15N3O2S. The average Bonchev–Trinajstić information content (AvgIpc) is 3.02. The minimum atomic E-state index is -0.353. The van der Waals surface area contributed by atoms with Crippen molar-refractivity contribution in [2.24, 2.45) is 0 Å². The van der Waals surface area contributed by atoms with Crippen LogP contribution in [-0.4, -0.2) is 45.2 Å². The lowest BCUT2D eigenvalue weighted by Crippen LogP contribution is -2.61. The van der Waals surface area contributed by atoms with Crippen LogP contribution >= 0.6 is 11.3 Å². The molecule has 2 saturated heterocycles. The maximum absolute atomic E-state index is 12.4. The van der Waals surface area contributed by atoms with Crippen molar-refractivity contribution < 1.29 is 9.59 Å². The Morgan fingerprint density at radius 2 is 2.28 bits per heavy atom. The molecular weight excluding hydrogens is 250 g/mol. The number of nitrogens with zero attached hydrogens (tertiary/aromatic N) is 3. The van der Waals surface area contributed by atoms with Crippen molar-refractivity contribution in [3.8, 4) is 0 Å². The zero-order valence-electron chi connectivity index (χ0n) is 10.2. The number of thiazole rings is 1. The summed E-state index contributed by atoms with van der Waals surface area (Å²) in [7, 11) is 0. The van der Waals surface area contributed by atoms with Crippen molar-refractivity contribution in [2.75, 3.05) is 6.54 Å². The Kier molecular flexibility index (Phi) is 2.81. The fourth-order valence-electron chi connectivity index (χ4n) is 2.75. The molecule has 0 aromatic carbocycles. The van der Waals surface area contributed by atoms with Crippen LogP contribution < -0.4 is 0 Å². The molecule has 1 aromatic rings. The van der Waals surface area contributed by atoms with Crippen LogP contribution in [0.4, 0.5) is 0 Å². The smallest absolute Gasteiger partial charge is 0.246 e. The van der Waals surface area contributed by atoms with Gasteiger partial charge < -0.3 is 9.80 Å². The van der Waals surface area contributed by atoms with Crippen molar-refractivity contribution in [1.82, 2.24) is 14.8 Å². The standard InChI is InChI=1S/C12H15N3O2S/c1-8-11(16)14-4-2-3-10(14)12(17)15(8)6-9-5-13-7-18-9/h5,7-8,10H,2-4,6H2,1H3/t8-,10+/m0/s1. The highest BCUT2D eigenvalue weighted by Gasteiger charge is 2.45. The molecule has 6 heteroatoms. The number of rotatable bonds is 2. The van der Waals surface area contributed by atoms with Crippen LogP contribution in [-0.2, 0) is 16.1 Å². The number of hydrogen-bond donors (Lipinski definition) is 0. The van der Waals surface area contributed by atoms with Crippen molar-refractivity contribution in [2.45, 2.75) is 38.4 Å². The highest BCUT2D eigenvalue weighted by atomic mass is 32.1. The molecule has 96 valence electrons. The zero-order valence-corrected chi connectivity index (χ0v) is 11.0. The summed E-state index contributed by atoms with van der Waals surface area (Å²) in [6, 6.07) is -0.574. The molecule has 0 N–H and O–H groups in total. The molecule has 0 bridgehead atoms. The summed E-state index contributed by atoms with van der Waals surface area (Å²) in [6.45, 7) is 3.05. The number of hydrogen-bond acceptors (Lipinski definition) is 4. The number of amides is 2. The van der Waals surface area contributed by atoms with Gasteiger partial charge in [-0.15, -0.1) is 11.3 Å². The van der Waals surface area contributed by atoms with Crippen LogP contribution in [0.25, 0.3) is 0 Å². The maximum Gasteiger partial charge on any atom is 0.246 e. The van der Waals surface area contributed by atoms with Gasteiger partial charge in [0.15, 0.2) is 0 Å². The lowest BCUT2D eigenvalue weighted by molar-refractivity contribution is -0.159. The van der Waals surface area contributed by atoms with Crippen LogP contribution in [0, 0.1) is 0 Å². The molecule has 2 fully saturated rings. The van der Waals surface area contributed by atoms with Crippen LogP contribution in [0.2, 0.25) is 0 Å². The van der Waals surface area contributed by atoms with E-state index in [9.17, 15) is 9.59 Å². The number of carbonyl (C=O) groups is 2. The summed E-state index contributed by atoms with van der Waals surface area (Å²) in [6.07, 6.45) is 3.50. The minimum absolute atomic E-state index is 0.0848. The Labute approximate surface area is 109 Å². The van der Waals surface area contributed by atoms with Gasteiger partial charge >= 0.3 is 0 Å². The summed E-state index contributed by atoms with van der Waals surface area (Å²) < 4.78 is 0. The van der Waals surface area contributed by atoms with E-state index in [0.717, 1.165) is 24.3 Å². The first kappa shape index (κ1) is 11.6. The van der Waals surface area contributed by atoms with E-state index in [-0.39, 0.29) is 23.9 Å². The SMILES string of the molecule is C[C@H]1C(=O)N2CCC[C@@H]2C(=O)N1Cc1cncs1. The molecule has 2 aliphatic rings. The maximum atomic E-state index is 12.4. The minimum Gasteiger partial charge on any atom is -0.329 e. The Balaban J connectivity index is 1.84. The molecule has 0 radical (unpaired) electrons. The molecule has 18 heavy (non-hydrogen) atoms. The lowest BCUT2D eigenvalue weighted by Gasteiger charge is -2.40. The molecule has 1 aromatic heterocycles. The third-order valence-electron chi connectivity index (χ3n) is 3.74. The number of aromatic nitrogens is 1. The Hall–Kier alpha value is -1.43. The largest absolute Gasteiger partial charge is 0.329 e. The van der Waals surface area contributed by atoms with Gasteiger partial charge in [-0.1, -0.05) is 0 Å². The predicted octanol–water partition coefficient (Wildman–Crippen LogP) is 0.865. The van der Waals surface area contributed by atoms with Gasteiger partial charge in [0, 0.05) is 17.6 Å². The quantitative estimate of drug-likeness (QED) is 0.797. The number of piperazine rings is 1. The van der Waals surface area contributed by atoms with Crippen molar-refractivity contribution in [1.29, 1.82) is 0 Å². The van der Waals surface area contributed by atoms with Gasteiger partial charge in [0.1, 0.15) is 12.1 Å². The Morgan fingerprint density at radius 1 is 1.44 bits per heavy atom. The van der Waals surface area contributed by atoms with Crippen molar-refractivity contribution in [3.05, 3.63) is 16.6 Å². The van der Waals surface area contributed by atoms with E-state index in [1.54, 1.807) is 21.5 Å². The van der Waals surface area contributed by atoms with E-state index < -0.39 is 0 Å². The third-order valence-corrected chi connectivity index (χ3v) is 4.50. The van der Waals surface area contributed by atoms with Crippen LogP contribution in [0.3, 0.4) is 0 Å². The van der Waals surface area contributed by atoms with Gasteiger partial charge in [0.05, 0.1) is 12.1 Å².